The number of carbonyl (C=O) groups excluding carboxylic acids is 1. The van der Waals surface area contributed by atoms with Crippen LogP contribution in [0.4, 0.5) is 0 Å². The van der Waals surface area contributed by atoms with E-state index in [0.29, 0.717) is 5.56 Å². The molecular weight excluding hydrogens is 294 g/mol. The fourth-order valence-electron chi connectivity index (χ4n) is 1.73. The Morgan fingerprint density at radius 2 is 2.22 bits per heavy atom. The minimum atomic E-state index is -0.0897. The molecule has 2 N–H and O–H groups in total. The van der Waals surface area contributed by atoms with E-state index in [-0.39, 0.29) is 11.9 Å². The van der Waals surface area contributed by atoms with Crippen molar-refractivity contribution in [1.82, 2.24) is 15.5 Å². The number of carbonyl (C=O) groups is 1. The first-order valence-electron chi connectivity index (χ1n) is 5.63. The highest BCUT2D eigenvalue weighted by atomic mass is 79.9. The molecule has 1 unspecified atom stereocenters. The molecule has 2 aromatic rings. The van der Waals surface area contributed by atoms with Crippen LogP contribution in [0.3, 0.4) is 0 Å². The summed E-state index contributed by atoms with van der Waals surface area (Å²) in [6.45, 7) is 3.88. The number of amides is 1. The van der Waals surface area contributed by atoms with E-state index in [1.165, 1.54) is 0 Å². The van der Waals surface area contributed by atoms with Crippen molar-refractivity contribution in [2.24, 2.45) is 0 Å². The SMILES string of the molecule is Cc1cc(Br)cc(C(=O)NC(C)c2cn[nH]c2)c1. The zero-order valence-electron chi connectivity index (χ0n) is 10.2. The van der Waals surface area contributed by atoms with Gasteiger partial charge in [-0.1, -0.05) is 15.9 Å². The van der Waals surface area contributed by atoms with Crippen LogP contribution >= 0.6 is 15.9 Å². The van der Waals surface area contributed by atoms with Gasteiger partial charge in [0.1, 0.15) is 0 Å². The molecule has 0 bridgehead atoms. The maximum atomic E-state index is 12.1. The Bertz CT molecular complexity index is 531. The largest absolute Gasteiger partial charge is 0.345 e. The van der Waals surface area contributed by atoms with Crippen molar-refractivity contribution in [3.63, 3.8) is 0 Å². The molecule has 1 amide bonds. The summed E-state index contributed by atoms with van der Waals surface area (Å²) in [5.41, 5.74) is 2.65. The fraction of sp³-hybridized carbons (Fsp3) is 0.231. The van der Waals surface area contributed by atoms with Crippen molar-refractivity contribution < 1.29 is 4.79 Å². The van der Waals surface area contributed by atoms with Gasteiger partial charge in [-0.25, -0.2) is 0 Å². The second-order valence-corrected chi connectivity index (χ2v) is 5.16. The van der Waals surface area contributed by atoms with E-state index >= 15 is 0 Å². The second kappa shape index (κ2) is 5.35. The maximum Gasteiger partial charge on any atom is 0.251 e. The normalized spacial score (nSPS) is 12.2. The zero-order chi connectivity index (χ0) is 13.1. The van der Waals surface area contributed by atoms with Crippen LogP contribution in [-0.4, -0.2) is 16.1 Å². The monoisotopic (exact) mass is 307 g/mol. The number of halogens is 1. The van der Waals surface area contributed by atoms with Crippen molar-refractivity contribution in [3.8, 4) is 0 Å². The quantitative estimate of drug-likeness (QED) is 0.916. The topological polar surface area (TPSA) is 57.8 Å². The van der Waals surface area contributed by atoms with E-state index in [4.69, 9.17) is 0 Å². The van der Waals surface area contributed by atoms with Crippen LogP contribution in [0.5, 0.6) is 0 Å². The Balaban J connectivity index is 2.12. The molecule has 1 aromatic carbocycles. The summed E-state index contributed by atoms with van der Waals surface area (Å²) >= 11 is 3.39. The van der Waals surface area contributed by atoms with E-state index in [1.807, 2.05) is 32.0 Å². The van der Waals surface area contributed by atoms with E-state index in [9.17, 15) is 4.79 Å². The molecule has 2 rings (SSSR count). The molecule has 0 aliphatic carbocycles. The van der Waals surface area contributed by atoms with Crippen molar-refractivity contribution in [2.75, 3.05) is 0 Å². The first-order valence-corrected chi connectivity index (χ1v) is 6.42. The third-order valence-corrected chi connectivity index (χ3v) is 3.13. The van der Waals surface area contributed by atoms with E-state index in [0.717, 1.165) is 15.6 Å². The number of benzene rings is 1. The van der Waals surface area contributed by atoms with Gasteiger partial charge in [0.05, 0.1) is 12.2 Å². The molecule has 1 aromatic heterocycles. The Morgan fingerprint density at radius 3 is 2.83 bits per heavy atom. The molecule has 0 saturated heterocycles. The van der Waals surface area contributed by atoms with E-state index in [2.05, 4.69) is 31.4 Å². The number of aromatic amines is 1. The van der Waals surface area contributed by atoms with Gasteiger partial charge in [0.2, 0.25) is 0 Å². The molecule has 0 aliphatic rings. The van der Waals surface area contributed by atoms with Gasteiger partial charge in [0.25, 0.3) is 5.91 Å². The van der Waals surface area contributed by atoms with Gasteiger partial charge in [-0.05, 0) is 37.6 Å². The highest BCUT2D eigenvalue weighted by molar-refractivity contribution is 9.10. The average Bonchev–Trinajstić information content (AvgIpc) is 2.80. The molecular formula is C13H14BrN3O. The number of aromatic nitrogens is 2. The number of H-pyrrole nitrogens is 1. The van der Waals surface area contributed by atoms with Gasteiger partial charge < -0.3 is 5.32 Å². The summed E-state index contributed by atoms with van der Waals surface area (Å²) < 4.78 is 0.906. The molecule has 0 saturated carbocycles. The van der Waals surface area contributed by atoms with Gasteiger partial charge >= 0.3 is 0 Å². The Hall–Kier alpha value is -1.62. The first-order chi connectivity index (χ1) is 8.56. The lowest BCUT2D eigenvalue weighted by Gasteiger charge is -2.12. The van der Waals surface area contributed by atoms with Gasteiger partial charge in [0.15, 0.2) is 0 Å². The summed E-state index contributed by atoms with van der Waals surface area (Å²) in [7, 11) is 0. The summed E-state index contributed by atoms with van der Waals surface area (Å²) in [6, 6.07) is 5.57. The zero-order valence-corrected chi connectivity index (χ0v) is 11.8. The molecule has 0 radical (unpaired) electrons. The minimum Gasteiger partial charge on any atom is -0.345 e. The van der Waals surface area contributed by atoms with Crippen LogP contribution in [0.15, 0.2) is 35.1 Å². The smallest absolute Gasteiger partial charge is 0.251 e. The summed E-state index contributed by atoms with van der Waals surface area (Å²) in [5.74, 6) is -0.0897. The maximum absolute atomic E-state index is 12.1. The van der Waals surface area contributed by atoms with Crippen molar-refractivity contribution in [1.29, 1.82) is 0 Å². The predicted octanol–water partition coefficient (Wildman–Crippen LogP) is 2.97. The van der Waals surface area contributed by atoms with Gasteiger partial charge in [-0.15, -0.1) is 0 Å². The van der Waals surface area contributed by atoms with Gasteiger partial charge in [0, 0.05) is 21.8 Å². The van der Waals surface area contributed by atoms with Crippen molar-refractivity contribution in [2.45, 2.75) is 19.9 Å². The lowest BCUT2D eigenvalue weighted by molar-refractivity contribution is 0.0939. The lowest BCUT2D eigenvalue weighted by Crippen LogP contribution is -2.26. The number of hydrogen-bond acceptors (Lipinski definition) is 2. The molecule has 4 nitrogen and oxygen atoms in total. The van der Waals surface area contributed by atoms with E-state index < -0.39 is 0 Å². The molecule has 0 fully saturated rings. The Kier molecular flexibility index (Phi) is 3.81. The Labute approximate surface area is 114 Å². The number of aryl methyl sites for hydroxylation is 1. The number of rotatable bonds is 3. The highest BCUT2D eigenvalue weighted by Gasteiger charge is 2.12. The molecule has 5 heteroatoms. The summed E-state index contributed by atoms with van der Waals surface area (Å²) in [5, 5.41) is 9.53. The number of hydrogen-bond donors (Lipinski definition) is 2. The molecule has 18 heavy (non-hydrogen) atoms. The second-order valence-electron chi connectivity index (χ2n) is 4.24. The average molecular weight is 308 g/mol. The molecule has 0 aliphatic heterocycles. The van der Waals surface area contributed by atoms with Gasteiger partial charge in [-0.3, -0.25) is 9.89 Å². The van der Waals surface area contributed by atoms with Crippen LogP contribution in [0.25, 0.3) is 0 Å². The van der Waals surface area contributed by atoms with Crippen molar-refractivity contribution in [3.05, 3.63) is 51.8 Å². The minimum absolute atomic E-state index is 0.0736. The summed E-state index contributed by atoms with van der Waals surface area (Å²) in [4.78, 5) is 12.1. The molecule has 1 atom stereocenters. The third kappa shape index (κ3) is 2.98. The van der Waals surface area contributed by atoms with Crippen LogP contribution in [0.2, 0.25) is 0 Å². The van der Waals surface area contributed by atoms with Crippen LogP contribution in [0, 0.1) is 6.92 Å². The van der Waals surface area contributed by atoms with Crippen LogP contribution in [-0.2, 0) is 0 Å². The van der Waals surface area contributed by atoms with Gasteiger partial charge in [-0.2, -0.15) is 5.10 Å². The molecule has 94 valence electrons. The molecule has 1 heterocycles. The predicted molar refractivity (Wildman–Crippen MR) is 73.3 cm³/mol. The number of nitrogens with one attached hydrogen (secondary N) is 2. The highest BCUT2D eigenvalue weighted by Crippen LogP contribution is 2.16. The van der Waals surface area contributed by atoms with Crippen molar-refractivity contribution >= 4 is 21.8 Å². The Morgan fingerprint density at radius 1 is 1.44 bits per heavy atom. The number of nitrogens with zero attached hydrogens (tertiary/aromatic N) is 1. The molecule has 0 spiro atoms. The van der Waals surface area contributed by atoms with E-state index in [1.54, 1.807) is 12.4 Å². The lowest BCUT2D eigenvalue weighted by atomic mass is 10.1. The standard InChI is InChI=1S/C13H14BrN3O/c1-8-3-10(5-12(14)4-8)13(18)17-9(2)11-6-15-16-7-11/h3-7,9H,1-2H3,(H,15,16)(H,17,18). The fourth-order valence-corrected chi connectivity index (χ4v) is 2.34. The third-order valence-electron chi connectivity index (χ3n) is 2.67. The van der Waals surface area contributed by atoms with Crippen LogP contribution in [0.1, 0.15) is 34.5 Å². The first kappa shape index (κ1) is 12.8. The summed E-state index contributed by atoms with van der Waals surface area (Å²) in [6.07, 6.45) is 3.48. The van der Waals surface area contributed by atoms with Crippen LogP contribution < -0.4 is 5.32 Å².